The number of hydrogen-bond acceptors (Lipinski definition) is 5. The van der Waals surface area contributed by atoms with E-state index < -0.39 is 23.8 Å². The van der Waals surface area contributed by atoms with Crippen LogP contribution < -0.4 is 4.90 Å². The molecule has 3 amide bonds. The third kappa shape index (κ3) is 4.08. The molecule has 8 heteroatoms. The summed E-state index contributed by atoms with van der Waals surface area (Å²) in [7, 11) is 0. The van der Waals surface area contributed by atoms with E-state index >= 15 is 0 Å². The number of carbonyl (C=O) groups excluding carboxylic acids is 3. The van der Waals surface area contributed by atoms with Gasteiger partial charge in [-0.1, -0.05) is 24.3 Å². The number of hydrogen-bond donors (Lipinski definition) is 1. The Kier molecular flexibility index (Phi) is 5.94. The van der Waals surface area contributed by atoms with Crippen LogP contribution in [-0.4, -0.2) is 70.8 Å². The van der Waals surface area contributed by atoms with Crippen molar-refractivity contribution < 1.29 is 24.3 Å². The standard InChI is InChI=1S/C24H25N3O5/c1-16-5-4-6-17(15-16)25-11-13-26(14-12-25)21(28)10-9-20(24(31)32)27-22(29)18-7-2-3-8-19(18)23(27)30/h2-8,15,20H,9-14H2,1H3,(H,31,32)/t20-/m0/s1. The van der Waals surface area contributed by atoms with Crippen LogP contribution in [0.4, 0.5) is 5.69 Å². The zero-order chi connectivity index (χ0) is 22.8. The summed E-state index contributed by atoms with van der Waals surface area (Å²) in [6, 6.07) is 13.1. The molecule has 2 heterocycles. The Morgan fingerprint density at radius 1 is 0.938 bits per heavy atom. The second-order valence-electron chi connectivity index (χ2n) is 8.13. The van der Waals surface area contributed by atoms with Crippen LogP contribution in [0.5, 0.6) is 0 Å². The van der Waals surface area contributed by atoms with Crippen molar-refractivity contribution in [1.82, 2.24) is 9.80 Å². The summed E-state index contributed by atoms with van der Waals surface area (Å²) < 4.78 is 0. The number of piperazine rings is 1. The fourth-order valence-corrected chi connectivity index (χ4v) is 4.31. The van der Waals surface area contributed by atoms with Gasteiger partial charge in [-0.2, -0.15) is 0 Å². The molecule has 2 aromatic rings. The molecule has 0 aromatic heterocycles. The van der Waals surface area contributed by atoms with E-state index in [4.69, 9.17) is 0 Å². The normalized spacial score (nSPS) is 16.8. The van der Waals surface area contributed by atoms with Gasteiger partial charge in [0, 0.05) is 38.3 Å². The first-order chi connectivity index (χ1) is 15.4. The van der Waals surface area contributed by atoms with Gasteiger partial charge in [0.15, 0.2) is 0 Å². The van der Waals surface area contributed by atoms with Crippen LogP contribution in [0, 0.1) is 6.92 Å². The van der Waals surface area contributed by atoms with E-state index in [2.05, 4.69) is 11.0 Å². The van der Waals surface area contributed by atoms with Gasteiger partial charge in [0.05, 0.1) is 11.1 Å². The van der Waals surface area contributed by atoms with Crippen molar-refractivity contribution in [1.29, 1.82) is 0 Å². The molecule has 2 aliphatic rings. The first-order valence-electron chi connectivity index (χ1n) is 10.7. The van der Waals surface area contributed by atoms with Crippen molar-refractivity contribution in [3.8, 4) is 0 Å². The number of carbonyl (C=O) groups is 4. The van der Waals surface area contributed by atoms with E-state index in [1.165, 1.54) is 17.7 Å². The second-order valence-corrected chi connectivity index (χ2v) is 8.13. The SMILES string of the molecule is Cc1cccc(N2CCN(C(=O)CC[C@@H](C(=O)O)N3C(=O)c4ccccc4C3=O)CC2)c1. The molecule has 1 fully saturated rings. The van der Waals surface area contributed by atoms with Crippen molar-refractivity contribution in [2.75, 3.05) is 31.1 Å². The summed E-state index contributed by atoms with van der Waals surface area (Å²) in [4.78, 5) is 54.6. The lowest BCUT2D eigenvalue weighted by Gasteiger charge is -2.36. The van der Waals surface area contributed by atoms with E-state index in [1.807, 2.05) is 25.1 Å². The van der Waals surface area contributed by atoms with Crippen molar-refractivity contribution in [3.05, 3.63) is 65.2 Å². The molecule has 2 aromatic carbocycles. The average molecular weight is 435 g/mol. The van der Waals surface area contributed by atoms with Gasteiger partial charge in [-0.3, -0.25) is 19.3 Å². The molecule has 1 atom stereocenters. The molecule has 0 saturated carbocycles. The zero-order valence-corrected chi connectivity index (χ0v) is 17.9. The quantitative estimate of drug-likeness (QED) is 0.699. The number of carboxylic acid groups (broad SMARTS) is 1. The van der Waals surface area contributed by atoms with E-state index in [1.54, 1.807) is 17.0 Å². The van der Waals surface area contributed by atoms with Crippen molar-refractivity contribution in [2.45, 2.75) is 25.8 Å². The number of amides is 3. The number of imide groups is 1. The largest absolute Gasteiger partial charge is 0.480 e. The van der Waals surface area contributed by atoms with Gasteiger partial charge in [0.2, 0.25) is 5.91 Å². The summed E-state index contributed by atoms with van der Waals surface area (Å²) in [5.74, 6) is -2.72. The molecule has 0 radical (unpaired) electrons. The maximum Gasteiger partial charge on any atom is 0.326 e. The molecular weight excluding hydrogens is 410 g/mol. The van der Waals surface area contributed by atoms with Gasteiger partial charge in [0.25, 0.3) is 11.8 Å². The summed E-state index contributed by atoms with van der Waals surface area (Å²) in [6.45, 7) is 4.50. The molecule has 1 N–H and O–H groups in total. The predicted octanol–water partition coefficient (Wildman–Crippen LogP) is 2.17. The first kappa shape index (κ1) is 21.5. The van der Waals surface area contributed by atoms with Gasteiger partial charge in [-0.15, -0.1) is 0 Å². The van der Waals surface area contributed by atoms with E-state index in [0.717, 1.165) is 10.6 Å². The lowest BCUT2D eigenvalue weighted by atomic mass is 10.1. The van der Waals surface area contributed by atoms with Crippen LogP contribution in [0.25, 0.3) is 0 Å². The van der Waals surface area contributed by atoms with Gasteiger partial charge < -0.3 is 14.9 Å². The Hall–Kier alpha value is -3.68. The predicted molar refractivity (Wildman–Crippen MR) is 118 cm³/mol. The lowest BCUT2D eigenvalue weighted by molar-refractivity contribution is -0.142. The number of aliphatic carboxylic acids is 1. The highest BCUT2D eigenvalue weighted by Gasteiger charge is 2.42. The molecule has 0 aliphatic carbocycles. The number of carboxylic acids is 1. The van der Waals surface area contributed by atoms with Crippen LogP contribution in [0.1, 0.15) is 39.1 Å². The van der Waals surface area contributed by atoms with Gasteiger partial charge in [0.1, 0.15) is 6.04 Å². The molecule has 0 unspecified atom stereocenters. The van der Waals surface area contributed by atoms with Crippen LogP contribution in [0.2, 0.25) is 0 Å². The van der Waals surface area contributed by atoms with Crippen LogP contribution in [0.15, 0.2) is 48.5 Å². The van der Waals surface area contributed by atoms with Crippen molar-refractivity contribution in [2.24, 2.45) is 0 Å². The number of rotatable bonds is 6. The second kappa shape index (κ2) is 8.82. The Labute approximate surface area is 186 Å². The van der Waals surface area contributed by atoms with Crippen molar-refractivity contribution >= 4 is 29.4 Å². The highest BCUT2D eigenvalue weighted by Crippen LogP contribution is 2.26. The van der Waals surface area contributed by atoms with Crippen LogP contribution >= 0.6 is 0 Å². The molecule has 4 rings (SSSR count). The van der Waals surface area contributed by atoms with E-state index in [-0.39, 0.29) is 29.9 Å². The first-order valence-corrected chi connectivity index (χ1v) is 10.7. The molecule has 32 heavy (non-hydrogen) atoms. The lowest BCUT2D eigenvalue weighted by Crippen LogP contribution is -2.49. The fourth-order valence-electron chi connectivity index (χ4n) is 4.31. The minimum atomic E-state index is -1.38. The molecule has 8 nitrogen and oxygen atoms in total. The highest BCUT2D eigenvalue weighted by molar-refractivity contribution is 6.22. The highest BCUT2D eigenvalue weighted by atomic mass is 16.4. The Balaban J connectivity index is 1.36. The van der Waals surface area contributed by atoms with Gasteiger partial charge in [-0.25, -0.2) is 4.79 Å². The van der Waals surface area contributed by atoms with E-state index in [9.17, 15) is 24.3 Å². The van der Waals surface area contributed by atoms with Gasteiger partial charge >= 0.3 is 5.97 Å². The molecule has 0 bridgehead atoms. The smallest absolute Gasteiger partial charge is 0.326 e. The number of fused-ring (bicyclic) bond motifs is 1. The maximum absolute atomic E-state index is 12.7. The number of benzene rings is 2. The number of nitrogens with zero attached hydrogens (tertiary/aromatic N) is 3. The maximum atomic E-state index is 12.7. The summed E-state index contributed by atoms with van der Waals surface area (Å²) in [5, 5.41) is 9.68. The minimum absolute atomic E-state index is 0.0468. The minimum Gasteiger partial charge on any atom is -0.480 e. The third-order valence-corrected chi connectivity index (χ3v) is 6.05. The summed E-state index contributed by atoms with van der Waals surface area (Å²) in [5.41, 5.74) is 2.69. The molecule has 2 aliphatic heterocycles. The summed E-state index contributed by atoms with van der Waals surface area (Å²) in [6.07, 6.45) is -0.160. The Morgan fingerprint density at radius 2 is 1.56 bits per heavy atom. The monoisotopic (exact) mass is 435 g/mol. The zero-order valence-electron chi connectivity index (χ0n) is 17.9. The average Bonchev–Trinajstić information content (AvgIpc) is 3.04. The molecular formula is C24H25N3O5. The summed E-state index contributed by atoms with van der Waals surface area (Å²) >= 11 is 0. The topological polar surface area (TPSA) is 98.2 Å². The fraction of sp³-hybridized carbons (Fsp3) is 0.333. The van der Waals surface area contributed by atoms with Crippen LogP contribution in [0.3, 0.4) is 0 Å². The Bertz CT molecular complexity index is 1040. The number of anilines is 1. The molecule has 0 spiro atoms. The van der Waals surface area contributed by atoms with Gasteiger partial charge in [-0.05, 0) is 43.2 Å². The van der Waals surface area contributed by atoms with E-state index in [0.29, 0.717) is 26.2 Å². The van der Waals surface area contributed by atoms with Crippen molar-refractivity contribution in [3.63, 3.8) is 0 Å². The Morgan fingerprint density at radius 3 is 2.12 bits per heavy atom. The molecule has 166 valence electrons. The van der Waals surface area contributed by atoms with Crippen LogP contribution in [-0.2, 0) is 9.59 Å². The number of aryl methyl sites for hydroxylation is 1. The third-order valence-electron chi connectivity index (χ3n) is 6.05. The molecule has 1 saturated heterocycles.